The summed E-state index contributed by atoms with van der Waals surface area (Å²) in [6.45, 7) is -0.384. The van der Waals surface area contributed by atoms with E-state index in [9.17, 15) is 14.7 Å². The van der Waals surface area contributed by atoms with Crippen molar-refractivity contribution in [1.29, 1.82) is 0 Å². The van der Waals surface area contributed by atoms with Gasteiger partial charge in [0.1, 0.15) is 17.3 Å². The Morgan fingerprint density at radius 1 is 1.21 bits per heavy atom. The third-order valence-corrected chi connectivity index (χ3v) is 6.93. The van der Waals surface area contributed by atoms with E-state index in [2.05, 4.69) is 25.3 Å². The molecule has 1 aromatic heterocycles. The van der Waals surface area contributed by atoms with Crippen LogP contribution in [0.1, 0.15) is 59.3 Å². The first-order valence-corrected chi connectivity index (χ1v) is 12.6. The Morgan fingerprint density at radius 3 is 2.63 bits per heavy atom. The van der Waals surface area contributed by atoms with Crippen molar-refractivity contribution >= 4 is 29.4 Å². The van der Waals surface area contributed by atoms with Gasteiger partial charge in [0, 0.05) is 22.5 Å². The number of carbonyl (C=O) groups is 2. The second-order valence-electron chi connectivity index (χ2n) is 9.17. The van der Waals surface area contributed by atoms with E-state index in [1.165, 1.54) is 19.2 Å². The van der Waals surface area contributed by atoms with Crippen LogP contribution in [0.3, 0.4) is 0 Å². The Labute approximate surface area is 224 Å². The van der Waals surface area contributed by atoms with Crippen molar-refractivity contribution in [2.45, 2.75) is 43.7 Å². The molecule has 11 heteroatoms. The highest BCUT2D eigenvalue weighted by atomic mass is 35.5. The average Bonchev–Trinajstić information content (AvgIpc) is 2.92. The minimum Gasteiger partial charge on any atom is -0.453 e. The van der Waals surface area contributed by atoms with Gasteiger partial charge in [0.05, 0.1) is 37.2 Å². The molecule has 200 valence electrons. The normalized spacial score (nSPS) is 17.9. The number of nitrogens with two attached hydrogens (primary N) is 1. The van der Waals surface area contributed by atoms with Crippen molar-refractivity contribution in [3.8, 4) is 11.3 Å². The molecule has 0 saturated heterocycles. The van der Waals surface area contributed by atoms with E-state index in [1.54, 1.807) is 36.5 Å². The van der Waals surface area contributed by atoms with Crippen molar-refractivity contribution in [3.63, 3.8) is 0 Å². The number of nitrogen functional groups attached to an aromatic ring is 1. The maximum absolute atomic E-state index is 15.1. The molecule has 0 bridgehead atoms. The lowest BCUT2D eigenvalue weighted by molar-refractivity contribution is 0.0912. The summed E-state index contributed by atoms with van der Waals surface area (Å²) in [5.74, 6) is -1.18. The van der Waals surface area contributed by atoms with Gasteiger partial charge < -0.3 is 26.2 Å². The van der Waals surface area contributed by atoms with Crippen LogP contribution >= 0.6 is 11.6 Å². The molecule has 3 aromatic rings. The number of aromatic nitrogens is 2. The molecule has 1 aliphatic carbocycles. The lowest BCUT2D eigenvalue weighted by Crippen LogP contribution is -2.37. The predicted octanol–water partition coefficient (Wildman–Crippen LogP) is 4.36. The monoisotopic (exact) mass is 541 g/mol. The number of carbonyl (C=O) groups excluding carboxylic acids is 2. The summed E-state index contributed by atoms with van der Waals surface area (Å²) in [6, 6.07) is 10.1. The number of hydrogen-bond donors (Lipinski definition) is 4. The first-order valence-electron chi connectivity index (χ1n) is 12.2. The van der Waals surface area contributed by atoms with E-state index in [4.69, 9.17) is 17.3 Å². The lowest BCUT2D eigenvalue weighted by atomic mass is 9.84. The number of nitrogens with one attached hydrogen (secondary N) is 2. The Hall–Kier alpha value is -3.76. The molecule has 1 saturated carbocycles. The van der Waals surface area contributed by atoms with Crippen LogP contribution in [0, 0.1) is 5.82 Å². The molecular formula is C27H29ClFN5O4. The van der Waals surface area contributed by atoms with Gasteiger partial charge in [0.15, 0.2) is 0 Å². The van der Waals surface area contributed by atoms with E-state index in [0.29, 0.717) is 21.8 Å². The number of anilines is 1. The molecule has 1 fully saturated rings. The van der Waals surface area contributed by atoms with Crippen LogP contribution in [-0.2, 0) is 4.74 Å². The third-order valence-electron chi connectivity index (χ3n) is 6.70. The van der Waals surface area contributed by atoms with Crippen LogP contribution < -0.4 is 16.4 Å². The van der Waals surface area contributed by atoms with Gasteiger partial charge in [-0.1, -0.05) is 29.8 Å². The SMILES string of the molecule is COC(=O)N[C@H]1CC[C@H](c2cnc(N)c(-c3ccc(C(=O)N[C@H](CO)c4cccc(Cl)c4)c(F)c3)n2)CC1. The summed E-state index contributed by atoms with van der Waals surface area (Å²) < 4.78 is 19.8. The highest BCUT2D eigenvalue weighted by molar-refractivity contribution is 6.30. The minimum absolute atomic E-state index is 0.0389. The number of halogens is 2. The topological polar surface area (TPSA) is 139 Å². The number of aliphatic hydroxyl groups is 1. The van der Waals surface area contributed by atoms with Crippen LogP contribution in [0.2, 0.25) is 5.02 Å². The highest BCUT2D eigenvalue weighted by Gasteiger charge is 2.26. The number of aliphatic hydroxyl groups excluding tert-OH is 1. The molecule has 2 amide bonds. The molecule has 0 spiro atoms. The van der Waals surface area contributed by atoms with Crippen molar-refractivity contribution in [2.75, 3.05) is 19.5 Å². The van der Waals surface area contributed by atoms with Crippen LogP contribution in [0.4, 0.5) is 15.0 Å². The van der Waals surface area contributed by atoms with Gasteiger partial charge in [-0.15, -0.1) is 0 Å². The van der Waals surface area contributed by atoms with Gasteiger partial charge >= 0.3 is 6.09 Å². The number of ether oxygens (including phenoxy) is 1. The number of alkyl carbamates (subject to hydrolysis) is 1. The Morgan fingerprint density at radius 2 is 1.97 bits per heavy atom. The largest absolute Gasteiger partial charge is 0.453 e. The first kappa shape index (κ1) is 27.3. The quantitative estimate of drug-likeness (QED) is 0.348. The summed E-state index contributed by atoms with van der Waals surface area (Å²) in [5, 5.41) is 15.7. The van der Waals surface area contributed by atoms with Crippen molar-refractivity contribution in [3.05, 3.63) is 76.3 Å². The van der Waals surface area contributed by atoms with Gasteiger partial charge in [-0.3, -0.25) is 4.79 Å². The van der Waals surface area contributed by atoms with Gasteiger partial charge in [-0.2, -0.15) is 0 Å². The molecule has 0 aliphatic heterocycles. The maximum atomic E-state index is 15.1. The summed E-state index contributed by atoms with van der Waals surface area (Å²) in [7, 11) is 1.33. The minimum atomic E-state index is -0.760. The smallest absolute Gasteiger partial charge is 0.407 e. The first-order chi connectivity index (χ1) is 18.3. The molecule has 1 heterocycles. The highest BCUT2D eigenvalue weighted by Crippen LogP contribution is 2.34. The van der Waals surface area contributed by atoms with Crippen molar-refractivity contribution < 1.29 is 23.8 Å². The second-order valence-corrected chi connectivity index (χ2v) is 9.61. The molecule has 9 nitrogen and oxygen atoms in total. The predicted molar refractivity (Wildman–Crippen MR) is 141 cm³/mol. The second kappa shape index (κ2) is 12.2. The van der Waals surface area contributed by atoms with E-state index < -0.39 is 23.9 Å². The number of rotatable bonds is 7. The fourth-order valence-corrected chi connectivity index (χ4v) is 4.82. The molecule has 4 rings (SSSR count). The van der Waals surface area contributed by atoms with Crippen molar-refractivity contribution in [1.82, 2.24) is 20.6 Å². The molecule has 0 radical (unpaired) electrons. The summed E-state index contributed by atoms with van der Waals surface area (Å²) in [6.07, 6.45) is 4.30. The van der Waals surface area contributed by atoms with Gasteiger partial charge in [-0.05, 0) is 55.5 Å². The Balaban J connectivity index is 1.48. The molecule has 0 unspecified atom stereocenters. The molecular weight excluding hydrogens is 513 g/mol. The average molecular weight is 542 g/mol. The molecule has 2 aromatic carbocycles. The summed E-state index contributed by atoms with van der Waals surface area (Å²) >= 11 is 6.01. The fraction of sp³-hybridized carbons (Fsp3) is 0.333. The summed E-state index contributed by atoms with van der Waals surface area (Å²) in [5.41, 5.74) is 7.94. The van der Waals surface area contributed by atoms with E-state index in [-0.39, 0.29) is 29.9 Å². The molecule has 1 aliphatic rings. The maximum Gasteiger partial charge on any atom is 0.407 e. The van der Waals surface area contributed by atoms with Gasteiger partial charge in [0.25, 0.3) is 5.91 Å². The zero-order chi connectivity index (χ0) is 27.2. The molecule has 38 heavy (non-hydrogen) atoms. The summed E-state index contributed by atoms with van der Waals surface area (Å²) in [4.78, 5) is 33.2. The number of amides is 2. The third kappa shape index (κ3) is 6.38. The Bertz CT molecular complexity index is 1320. The standard InChI is InChI=1S/C27H29ClFN5O4/c1-38-27(37)32-19-8-5-15(6-9-19)22-13-31-25(30)24(33-22)17-7-10-20(21(29)12-17)26(36)34-23(14-35)16-3-2-4-18(28)11-16/h2-4,7,10-13,15,19,23,35H,5-6,8-9,14H2,1H3,(H2,30,31)(H,32,37)(H,34,36)/t15-,19-,23-/m1/s1. The van der Waals surface area contributed by atoms with E-state index in [0.717, 1.165) is 31.4 Å². The van der Waals surface area contributed by atoms with Crippen LogP contribution in [-0.4, -0.2) is 46.8 Å². The van der Waals surface area contributed by atoms with E-state index >= 15 is 4.39 Å². The van der Waals surface area contributed by atoms with Crippen LogP contribution in [0.25, 0.3) is 11.3 Å². The van der Waals surface area contributed by atoms with E-state index in [1.807, 2.05) is 0 Å². The van der Waals surface area contributed by atoms with Crippen molar-refractivity contribution in [2.24, 2.45) is 0 Å². The lowest BCUT2D eigenvalue weighted by Gasteiger charge is -2.28. The molecule has 1 atom stereocenters. The zero-order valence-electron chi connectivity index (χ0n) is 20.8. The molecule has 5 N–H and O–H groups in total. The number of hydrogen-bond acceptors (Lipinski definition) is 7. The zero-order valence-corrected chi connectivity index (χ0v) is 21.5. The number of benzene rings is 2. The van der Waals surface area contributed by atoms with Gasteiger partial charge in [0.2, 0.25) is 0 Å². The number of methoxy groups -OCH3 is 1. The van der Waals surface area contributed by atoms with Gasteiger partial charge in [-0.25, -0.2) is 19.2 Å². The number of nitrogens with zero attached hydrogens (tertiary/aromatic N) is 2. The Kier molecular flexibility index (Phi) is 8.75. The van der Waals surface area contributed by atoms with Crippen LogP contribution in [0.15, 0.2) is 48.7 Å². The fourth-order valence-electron chi connectivity index (χ4n) is 4.62. The van der Waals surface area contributed by atoms with Crippen LogP contribution in [0.5, 0.6) is 0 Å².